The van der Waals surface area contributed by atoms with Crippen molar-refractivity contribution < 1.29 is 14.4 Å². The van der Waals surface area contributed by atoms with Crippen LogP contribution < -0.4 is 16.4 Å². The van der Waals surface area contributed by atoms with Crippen LogP contribution in [0, 0.1) is 4.91 Å². The minimum Gasteiger partial charge on any atom is -0.323 e. The summed E-state index contributed by atoms with van der Waals surface area (Å²) in [7, 11) is -4.32. The summed E-state index contributed by atoms with van der Waals surface area (Å²) in [5.74, 6) is 0. The Bertz CT molecular complexity index is 954. The second kappa shape index (κ2) is 5.20. The highest BCUT2D eigenvalue weighted by Crippen LogP contribution is 2.63. The lowest BCUT2D eigenvalue weighted by Gasteiger charge is -2.19. The number of hydrogen-bond acceptors (Lipinski definition) is 6. The third-order valence-corrected chi connectivity index (χ3v) is 5.61. The van der Waals surface area contributed by atoms with Crippen LogP contribution in [0.15, 0.2) is 26.9 Å². The summed E-state index contributed by atoms with van der Waals surface area (Å²) < 4.78 is 11.5. The number of benzene rings is 1. The maximum atomic E-state index is 11.5. The number of nitrogens with one attached hydrogen (secondary N) is 3. The van der Waals surface area contributed by atoms with Gasteiger partial charge in [0.15, 0.2) is 0 Å². The Hall–Kier alpha value is -2.13. The molecule has 10 nitrogen and oxygen atoms in total. The summed E-state index contributed by atoms with van der Waals surface area (Å²) in [6, 6.07) is 2.69. The Morgan fingerprint density at radius 2 is 1.87 bits per heavy atom. The third kappa shape index (κ3) is 2.77. The Balaban J connectivity index is 2.04. The number of nitroso groups, excluding NO2 is 1. The monoisotopic (exact) mass is 340 g/mol. The molecular formula is C12H13N4O6P. The quantitative estimate of drug-likeness (QED) is 0.298. The molecule has 1 aliphatic carbocycles. The number of fused-ring (bicyclic) bond motifs is 1. The number of rotatable bonds is 5. The van der Waals surface area contributed by atoms with Crippen molar-refractivity contribution in [1.82, 2.24) is 15.3 Å². The van der Waals surface area contributed by atoms with Crippen molar-refractivity contribution >= 4 is 24.3 Å². The van der Waals surface area contributed by atoms with Crippen molar-refractivity contribution in [2.24, 2.45) is 5.18 Å². The Morgan fingerprint density at radius 3 is 2.43 bits per heavy atom. The van der Waals surface area contributed by atoms with E-state index in [2.05, 4.69) is 20.5 Å². The zero-order chi connectivity index (χ0) is 16.8. The van der Waals surface area contributed by atoms with Crippen molar-refractivity contribution in [2.45, 2.75) is 24.7 Å². The number of aromatic nitrogens is 2. The summed E-state index contributed by atoms with van der Waals surface area (Å²) >= 11 is 0. The van der Waals surface area contributed by atoms with Crippen molar-refractivity contribution in [3.63, 3.8) is 0 Å². The van der Waals surface area contributed by atoms with E-state index in [1.165, 1.54) is 12.1 Å². The van der Waals surface area contributed by atoms with Crippen LogP contribution in [0.2, 0.25) is 0 Å². The Labute approximate surface area is 128 Å². The van der Waals surface area contributed by atoms with Crippen LogP contribution in [0.1, 0.15) is 18.4 Å². The molecule has 1 aromatic heterocycles. The Morgan fingerprint density at radius 1 is 1.22 bits per heavy atom. The second-order valence-corrected chi connectivity index (χ2v) is 7.40. The molecule has 1 heterocycles. The van der Waals surface area contributed by atoms with Crippen LogP contribution in [-0.4, -0.2) is 25.0 Å². The zero-order valence-electron chi connectivity index (χ0n) is 11.7. The van der Waals surface area contributed by atoms with Gasteiger partial charge in [0.1, 0.15) is 11.0 Å². The van der Waals surface area contributed by atoms with Crippen LogP contribution in [0.4, 0.5) is 5.69 Å². The first kappa shape index (κ1) is 15.8. The van der Waals surface area contributed by atoms with E-state index in [0.29, 0.717) is 18.4 Å². The molecule has 0 bridgehead atoms. The van der Waals surface area contributed by atoms with Crippen LogP contribution in [0.3, 0.4) is 0 Å². The summed E-state index contributed by atoms with van der Waals surface area (Å²) in [5.41, 5.74) is -0.821. The first-order valence-electron chi connectivity index (χ1n) is 6.69. The van der Waals surface area contributed by atoms with Gasteiger partial charge >= 0.3 is 18.7 Å². The maximum Gasteiger partial charge on any atom is 0.345 e. The van der Waals surface area contributed by atoms with Crippen molar-refractivity contribution in [2.75, 3.05) is 0 Å². The van der Waals surface area contributed by atoms with Gasteiger partial charge in [-0.15, -0.1) is 4.91 Å². The van der Waals surface area contributed by atoms with E-state index in [0.717, 1.165) is 0 Å². The van der Waals surface area contributed by atoms with E-state index in [1.807, 2.05) is 0 Å². The SMILES string of the molecule is O=Nc1cc(CNC2(P(=O)(O)O)CC2)c2[nH]c(=O)c(=O)[nH]c2c1. The number of H-pyrrole nitrogens is 2. The largest absolute Gasteiger partial charge is 0.345 e. The van der Waals surface area contributed by atoms with Gasteiger partial charge in [-0.1, -0.05) is 0 Å². The lowest BCUT2D eigenvalue weighted by Crippen LogP contribution is -2.32. The first-order chi connectivity index (χ1) is 10.8. The molecule has 2 aromatic rings. The zero-order valence-corrected chi connectivity index (χ0v) is 12.6. The molecule has 1 saturated carbocycles. The number of hydrogen-bond donors (Lipinski definition) is 5. The molecule has 1 aromatic carbocycles. The van der Waals surface area contributed by atoms with Crippen LogP contribution >= 0.6 is 7.60 Å². The molecule has 0 amide bonds. The molecule has 0 unspecified atom stereocenters. The van der Waals surface area contributed by atoms with E-state index in [-0.39, 0.29) is 23.3 Å². The molecule has 0 spiro atoms. The lowest BCUT2D eigenvalue weighted by molar-refractivity contribution is 0.340. The molecule has 1 aliphatic rings. The maximum absolute atomic E-state index is 11.5. The van der Waals surface area contributed by atoms with Gasteiger partial charge in [-0.05, 0) is 35.7 Å². The van der Waals surface area contributed by atoms with Gasteiger partial charge in [0.2, 0.25) is 0 Å². The lowest BCUT2D eigenvalue weighted by atomic mass is 10.1. The highest BCUT2D eigenvalue weighted by molar-refractivity contribution is 7.53. The van der Waals surface area contributed by atoms with Gasteiger partial charge in [0.05, 0.1) is 11.0 Å². The number of aromatic amines is 2. The van der Waals surface area contributed by atoms with E-state index >= 15 is 0 Å². The molecule has 0 aliphatic heterocycles. The molecule has 0 atom stereocenters. The topological polar surface area (TPSA) is 165 Å². The predicted octanol–water partition coefficient (Wildman–Crippen LogP) is 0.372. The van der Waals surface area contributed by atoms with Crippen molar-refractivity contribution in [1.29, 1.82) is 0 Å². The van der Waals surface area contributed by atoms with E-state index < -0.39 is 24.0 Å². The average Bonchev–Trinajstić information content (AvgIpc) is 3.27. The number of nitrogens with zero attached hydrogens (tertiary/aromatic N) is 1. The fourth-order valence-electron chi connectivity index (χ4n) is 2.42. The first-order valence-corrected chi connectivity index (χ1v) is 8.30. The summed E-state index contributed by atoms with van der Waals surface area (Å²) in [5, 5.41) is 4.31. The van der Waals surface area contributed by atoms with Gasteiger partial charge in [-0.25, -0.2) is 0 Å². The molecule has 122 valence electrons. The van der Waals surface area contributed by atoms with Gasteiger partial charge in [0, 0.05) is 6.54 Å². The summed E-state index contributed by atoms with van der Waals surface area (Å²) in [6.07, 6.45) is 0.655. The minimum absolute atomic E-state index is 0.00699. The highest BCUT2D eigenvalue weighted by Gasteiger charge is 2.56. The molecular weight excluding hydrogens is 327 g/mol. The molecule has 0 saturated heterocycles. The predicted molar refractivity (Wildman–Crippen MR) is 81.5 cm³/mol. The van der Waals surface area contributed by atoms with Crippen molar-refractivity contribution in [3.8, 4) is 0 Å². The molecule has 0 radical (unpaired) electrons. The van der Waals surface area contributed by atoms with Crippen LogP contribution in [0.25, 0.3) is 11.0 Å². The summed E-state index contributed by atoms with van der Waals surface area (Å²) in [4.78, 5) is 57.1. The molecule has 3 rings (SSSR count). The molecule has 1 fully saturated rings. The normalized spacial score (nSPS) is 16.4. The summed E-state index contributed by atoms with van der Waals surface area (Å²) in [6.45, 7) is -0.00699. The van der Waals surface area contributed by atoms with E-state index in [9.17, 15) is 28.8 Å². The third-order valence-electron chi connectivity index (χ3n) is 3.89. The fourth-order valence-corrected chi connectivity index (χ4v) is 3.40. The second-order valence-electron chi connectivity index (χ2n) is 5.46. The van der Waals surface area contributed by atoms with Gasteiger partial charge in [-0.3, -0.25) is 19.5 Å². The van der Waals surface area contributed by atoms with Crippen LogP contribution in [0.5, 0.6) is 0 Å². The van der Waals surface area contributed by atoms with Crippen molar-refractivity contribution in [3.05, 3.63) is 43.3 Å². The van der Waals surface area contributed by atoms with Crippen LogP contribution in [-0.2, 0) is 11.1 Å². The standard InChI is InChI=1S/C12H13N4O6P/c17-10-11(18)15-9-6(3-7(16-19)4-8(9)14-10)5-13-12(1-2-12)23(20,21)22/h3-4,13H,1-2,5H2,(H,14,17)(H,15,18)(H2,20,21,22). The van der Waals surface area contributed by atoms with Gasteiger partial charge in [-0.2, -0.15) is 0 Å². The highest BCUT2D eigenvalue weighted by atomic mass is 31.2. The molecule has 11 heteroatoms. The van der Waals surface area contributed by atoms with E-state index in [1.54, 1.807) is 0 Å². The van der Waals surface area contributed by atoms with E-state index in [4.69, 9.17) is 0 Å². The average molecular weight is 340 g/mol. The Kier molecular flexibility index (Phi) is 3.56. The molecule has 5 N–H and O–H groups in total. The van der Waals surface area contributed by atoms with Gasteiger partial charge in [0.25, 0.3) is 0 Å². The molecule has 23 heavy (non-hydrogen) atoms. The fraction of sp³-hybridized carbons (Fsp3) is 0.333. The van der Waals surface area contributed by atoms with Gasteiger partial charge < -0.3 is 19.8 Å². The smallest absolute Gasteiger partial charge is 0.323 e. The minimum atomic E-state index is -4.32.